The van der Waals surface area contributed by atoms with E-state index in [1.54, 1.807) is 16.7 Å². The van der Waals surface area contributed by atoms with Crippen molar-refractivity contribution in [1.82, 2.24) is 4.90 Å². The van der Waals surface area contributed by atoms with E-state index in [2.05, 4.69) is 0 Å². The second kappa shape index (κ2) is 3.87. The van der Waals surface area contributed by atoms with Gasteiger partial charge in [0.05, 0.1) is 18.5 Å². The first kappa shape index (κ1) is 11.1. The highest BCUT2D eigenvalue weighted by Gasteiger charge is 2.43. The van der Waals surface area contributed by atoms with Crippen LogP contribution in [0.5, 0.6) is 0 Å². The third kappa shape index (κ3) is 2.78. The molecule has 2 aliphatic rings. The average Bonchev–Trinajstić information content (AvgIpc) is 2.80. The lowest BCUT2D eigenvalue weighted by molar-refractivity contribution is 0.0218. The Labute approximate surface area is 94.3 Å². The molecule has 15 heavy (non-hydrogen) atoms. The number of rotatable bonds is 1. The summed E-state index contributed by atoms with van der Waals surface area (Å²) in [6, 6.07) is 0.213. The third-order valence-electron chi connectivity index (χ3n) is 2.34. The summed E-state index contributed by atoms with van der Waals surface area (Å²) in [5.74, 6) is 1.68. The molecule has 0 bridgehead atoms. The van der Waals surface area contributed by atoms with Gasteiger partial charge < -0.3 is 9.47 Å². The first-order chi connectivity index (χ1) is 6.97. The van der Waals surface area contributed by atoms with Crippen LogP contribution >= 0.6 is 11.8 Å². The monoisotopic (exact) mass is 231 g/mol. The van der Waals surface area contributed by atoms with Gasteiger partial charge in [-0.15, -0.1) is 11.8 Å². The normalized spacial score (nSPS) is 30.5. The van der Waals surface area contributed by atoms with Crippen LogP contribution in [0.2, 0.25) is 0 Å². The Morgan fingerprint density at radius 2 is 2.20 bits per heavy atom. The van der Waals surface area contributed by atoms with E-state index in [1.807, 2.05) is 20.8 Å². The minimum Gasteiger partial charge on any atom is -0.444 e. The van der Waals surface area contributed by atoms with Crippen LogP contribution in [0.1, 0.15) is 20.8 Å². The fourth-order valence-electron chi connectivity index (χ4n) is 1.55. The van der Waals surface area contributed by atoms with Gasteiger partial charge in [-0.3, -0.25) is 4.90 Å². The molecule has 2 atom stereocenters. The lowest BCUT2D eigenvalue weighted by atomic mass is 10.2. The molecule has 1 unspecified atom stereocenters. The summed E-state index contributed by atoms with van der Waals surface area (Å²) in [4.78, 5) is 13.6. The summed E-state index contributed by atoms with van der Waals surface area (Å²) in [7, 11) is 0. The third-order valence-corrected chi connectivity index (χ3v) is 3.37. The number of carbonyl (C=O) groups excluding carboxylic acids is 1. The molecule has 2 saturated heterocycles. The Bertz CT molecular complexity index is 260. The van der Waals surface area contributed by atoms with Gasteiger partial charge in [-0.05, 0) is 20.8 Å². The summed E-state index contributed by atoms with van der Waals surface area (Å²) in [6.07, 6.45) is 0.0283. The number of carbonyl (C=O) groups is 1. The van der Waals surface area contributed by atoms with Gasteiger partial charge in [0, 0.05) is 5.75 Å². The molecular weight excluding hydrogens is 214 g/mol. The van der Waals surface area contributed by atoms with E-state index >= 15 is 0 Å². The Morgan fingerprint density at radius 1 is 1.53 bits per heavy atom. The number of hydrogen-bond acceptors (Lipinski definition) is 4. The Balaban J connectivity index is 1.93. The summed E-state index contributed by atoms with van der Waals surface area (Å²) in [5, 5.41) is 0. The Kier molecular flexibility index (Phi) is 2.85. The second-order valence-corrected chi connectivity index (χ2v) is 5.89. The summed E-state index contributed by atoms with van der Waals surface area (Å²) in [5.41, 5.74) is -0.417. The number of nitrogens with zero attached hydrogens (tertiary/aromatic N) is 1. The molecule has 0 N–H and O–H groups in total. The summed E-state index contributed by atoms with van der Waals surface area (Å²) in [6.45, 7) is 6.44. The lowest BCUT2D eigenvalue weighted by Crippen LogP contribution is -2.43. The van der Waals surface area contributed by atoms with Gasteiger partial charge in [-0.2, -0.15) is 0 Å². The van der Waals surface area contributed by atoms with Crippen molar-refractivity contribution in [3.8, 4) is 0 Å². The maximum atomic E-state index is 11.8. The van der Waals surface area contributed by atoms with Crippen molar-refractivity contribution in [3.05, 3.63) is 0 Å². The fraction of sp³-hybridized carbons (Fsp3) is 0.900. The molecule has 0 radical (unpaired) electrons. The number of epoxide rings is 1. The van der Waals surface area contributed by atoms with Gasteiger partial charge in [-0.1, -0.05) is 0 Å². The number of thioether (sulfide) groups is 1. The zero-order valence-electron chi connectivity index (χ0n) is 9.36. The van der Waals surface area contributed by atoms with Gasteiger partial charge in [0.15, 0.2) is 0 Å². The quantitative estimate of drug-likeness (QED) is 0.644. The Hall–Kier alpha value is -0.420. The van der Waals surface area contributed by atoms with Gasteiger partial charge >= 0.3 is 6.09 Å². The van der Waals surface area contributed by atoms with E-state index < -0.39 is 5.60 Å². The van der Waals surface area contributed by atoms with Crippen molar-refractivity contribution in [2.75, 3.05) is 18.2 Å². The molecule has 0 aromatic heterocycles. The van der Waals surface area contributed by atoms with Crippen molar-refractivity contribution >= 4 is 17.9 Å². The molecule has 4 nitrogen and oxygen atoms in total. The predicted octanol–water partition coefficient (Wildman–Crippen LogP) is 1.70. The molecule has 86 valence electrons. The zero-order chi connectivity index (χ0) is 11.1. The van der Waals surface area contributed by atoms with Crippen molar-refractivity contribution in [1.29, 1.82) is 0 Å². The van der Waals surface area contributed by atoms with Crippen molar-refractivity contribution in [2.45, 2.75) is 38.5 Å². The van der Waals surface area contributed by atoms with E-state index in [0.29, 0.717) is 0 Å². The highest BCUT2D eigenvalue weighted by molar-refractivity contribution is 7.99. The van der Waals surface area contributed by atoms with Crippen LogP contribution in [0.25, 0.3) is 0 Å². The number of hydrogen-bond donors (Lipinski definition) is 0. The van der Waals surface area contributed by atoms with Crippen molar-refractivity contribution in [2.24, 2.45) is 0 Å². The van der Waals surface area contributed by atoms with E-state index in [-0.39, 0.29) is 18.2 Å². The van der Waals surface area contributed by atoms with Crippen molar-refractivity contribution < 1.29 is 14.3 Å². The Morgan fingerprint density at radius 3 is 2.73 bits per heavy atom. The van der Waals surface area contributed by atoms with Crippen LogP contribution in [0.15, 0.2) is 0 Å². The molecule has 2 aliphatic heterocycles. The summed E-state index contributed by atoms with van der Waals surface area (Å²) >= 11 is 1.76. The average molecular weight is 231 g/mol. The van der Waals surface area contributed by atoms with Crippen LogP contribution in [-0.2, 0) is 9.47 Å². The van der Waals surface area contributed by atoms with E-state index in [9.17, 15) is 4.79 Å². The predicted molar refractivity (Wildman–Crippen MR) is 58.9 cm³/mol. The van der Waals surface area contributed by atoms with Gasteiger partial charge in [-0.25, -0.2) is 4.79 Å². The SMILES string of the molecule is CC(C)(C)OC(=O)N1CSC[C@@H]1C1CO1. The minimum atomic E-state index is -0.417. The smallest absolute Gasteiger partial charge is 0.411 e. The number of ether oxygens (including phenoxy) is 2. The molecule has 2 heterocycles. The molecule has 1 amide bonds. The molecule has 0 saturated carbocycles. The summed E-state index contributed by atoms with van der Waals surface area (Å²) < 4.78 is 10.6. The molecule has 0 aromatic rings. The lowest BCUT2D eigenvalue weighted by Gasteiger charge is -2.27. The number of amides is 1. The van der Waals surface area contributed by atoms with Gasteiger partial charge in [0.25, 0.3) is 0 Å². The van der Waals surface area contributed by atoms with Crippen LogP contribution in [0, 0.1) is 0 Å². The van der Waals surface area contributed by atoms with Gasteiger partial charge in [0.2, 0.25) is 0 Å². The maximum Gasteiger partial charge on any atom is 0.411 e. The molecular formula is C10H17NO3S. The first-order valence-electron chi connectivity index (χ1n) is 5.16. The molecule has 2 rings (SSSR count). The maximum absolute atomic E-state index is 11.8. The van der Waals surface area contributed by atoms with Crippen LogP contribution in [-0.4, -0.2) is 47.0 Å². The molecule has 5 heteroatoms. The fourth-order valence-corrected chi connectivity index (χ4v) is 2.79. The van der Waals surface area contributed by atoms with Crippen LogP contribution in [0.4, 0.5) is 4.79 Å². The molecule has 0 aromatic carbocycles. The standard InChI is InChI=1S/C10H17NO3S/c1-10(2,3)14-9(12)11-6-15-5-7(11)8-4-13-8/h7-8H,4-6H2,1-3H3/t7-,8?/m1/s1. The van der Waals surface area contributed by atoms with E-state index in [1.165, 1.54) is 0 Å². The molecule has 0 aliphatic carbocycles. The van der Waals surface area contributed by atoms with Gasteiger partial charge in [0.1, 0.15) is 11.7 Å². The second-order valence-electron chi connectivity index (χ2n) is 4.89. The minimum absolute atomic E-state index is 0.213. The van der Waals surface area contributed by atoms with Crippen LogP contribution < -0.4 is 0 Å². The topological polar surface area (TPSA) is 42.1 Å². The van der Waals surface area contributed by atoms with E-state index in [4.69, 9.17) is 9.47 Å². The van der Waals surface area contributed by atoms with Crippen molar-refractivity contribution in [3.63, 3.8) is 0 Å². The first-order valence-corrected chi connectivity index (χ1v) is 6.32. The highest BCUT2D eigenvalue weighted by Crippen LogP contribution is 2.30. The molecule has 2 fully saturated rings. The van der Waals surface area contributed by atoms with E-state index in [0.717, 1.165) is 18.2 Å². The molecule has 0 spiro atoms. The largest absolute Gasteiger partial charge is 0.444 e. The zero-order valence-corrected chi connectivity index (χ0v) is 10.2. The van der Waals surface area contributed by atoms with Crippen LogP contribution in [0.3, 0.4) is 0 Å². The highest BCUT2D eigenvalue weighted by atomic mass is 32.2.